The molecule has 3 heteroatoms. The van der Waals surface area contributed by atoms with Crippen molar-refractivity contribution in [2.75, 3.05) is 6.54 Å². The molecule has 0 bridgehead atoms. The molecule has 0 unspecified atom stereocenters. The first-order valence-electron chi connectivity index (χ1n) is 3.34. The van der Waals surface area contributed by atoms with Crippen molar-refractivity contribution in [3.63, 3.8) is 0 Å². The average molecular weight is 125 g/mol. The lowest BCUT2D eigenvalue weighted by molar-refractivity contribution is 0.504. The summed E-state index contributed by atoms with van der Waals surface area (Å²) < 4.78 is 0. The van der Waals surface area contributed by atoms with Gasteiger partial charge in [0.15, 0.2) is 0 Å². The first-order chi connectivity index (χ1) is 4.33. The summed E-state index contributed by atoms with van der Waals surface area (Å²) in [6.45, 7) is 2.86. The monoisotopic (exact) mass is 125 g/mol. The van der Waals surface area contributed by atoms with Crippen LogP contribution in [0.4, 0.5) is 0 Å². The first kappa shape index (κ1) is 6.43. The fourth-order valence-corrected chi connectivity index (χ4v) is 0.982. The van der Waals surface area contributed by atoms with Crippen LogP contribution in [0.15, 0.2) is 5.11 Å². The molecule has 1 fully saturated rings. The van der Waals surface area contributed by atoms with Crippen molar-refractivity contribution in [1.82, 2.24) is 0 Å². The van der Waals surface area contributed by atoms with Gasteiger partial charge in [0.25, 0.3) is 0 Å². The van der Waals surface area contributed by atoms with Crippen LogP contribution in [-0.2, 0) is 0 Å². The Morgan fingerprint density at radius 2 is 2.33 bits per heavy atom. The zero-order valence-electron chi connectivity index (χ0n) is 5.67. The fraction of sp³-hybridized carbons (Fsp3) is 1.00. The maximum absolute atomic E-state index is 8.01. The molecule has 0 N–H and O–H groups in total. The molecule has 0 amide bonds. The minimum absolute atomic E-state index is 0.423. The van der Waals surface area contributed by atoms with E-state index in [0.29, 0.717) is 12.0 Å². The third-order valence-electron chi connectivity index (χ3n) is 2.18. The Hall–Kier alpha value is -0.690. The first-order valence-corrected chi connectivity index (χ1v) is 3.34. The van der Waals surface area contributed by atoms with Crippen molar-refractivity contribution in [2.45, 2.75) is 26.2 Å². The molecule has 0 heterocycles. The minimum atomic E-state index is 0.423. The van der Waals surface area contributed by atoms with Crippen LogP contribution in [-0.4, -0.2) is 6.54 Å². The summed E-state index contributed by atoms with van der Waals surface area (Å²) in [7, 11) is 0. The Morgan fingerprint density at radius 1 is 1.67 bits per heavy atom. The quantitative estimate of drug-likeness (QED) is 0.316. The van der Waals surface area contributed by atoms with Crippen molar-refractivity contribution in [1.29, 1.82) is 0 Å². The second-order valence-corrected chi connectivity index (χ2v) is 2.74. The predicted octanol–water partition coefficient (Wildman–Crippen LogP) is 2.49. The van der Waals surface area contributed by atoms with E-state index in [9.17, 15) is 0 Å². The number of nitrogens with zero attached hydrogens (tertiary/aromatic N) is 3. The number of rotatable bonds is 3. The second-order valence-electron chi connectivity index (χ2n) is 2.74. The summed E-state index contributed by atoms with van der Waals surface area (Å²) in [6.07, 6.45) is 3.66. The Balaban J connectivity index is 2.33. The largest absolute Gasteiger partial charge is 0.0934 e. The average Bonchev–Trinajstić information content (AvgIpc) is 2.65. The number of azide groups is 1. The van der Waals surface area contributed by atoms with Gasteiger partial charge in [0.05, 0.1) is 0 Å². The van der Waals surface area contributed by atoms with E-state index in [1.165, 1.54) is 12.8 Å². The van der Waals surface area contributed by atoms with E-state index < -0.39 is 0 Å². The van der Waals surface area contributed by atoms with Crippen LogP contribution < -0.4 is 0 Å². The summed E-state index contributed by atoms with van der Waals surface area (Å²) in [5.41, 5.74) is 8.43. The zero-order valence-corrected chi connectivity index (χ0v) is 5.67. The van der Waals surface area contributed by atoms with Crippen molar-refractivity contribution in [3.8, 4) is 0 Å². The standard InChI is InChI=1S/C6H11N3/c1-2-6(3-4-6)5-8-9-7/h2-5H2,1H3. The summed E-state index contributed by atoms with van der Waals surface area (Å²) in [6, 6.07) is 0. The SMILES string of the molecule is CCC1(CN=[N+]=[N-])CC1. The summed E-state index contributed by atoms with van der Waals surface area (Å²) in [4.78, 5) is 2.73. The Labute approximate surface area is 54.7 Å². The maximum Gasteiger partial charge on any atom is 0.0314 e. The van der Waals surface area contributed by atoms with E-state index in [1.807, 2.05) is 0 Å². The summed E-state index contributed by atoms with van der Waals surface area (Å²) in [5, 5.41) is 3.56. The van der Waals surface area contributed by atoms with E-state index >= 15 is 0 Å². The van der Waals surface area contributed by atoms with E-state index in [-0.39, 0.29) is 0 Å². The maximum atomic E-state index is 8.01. The molecule has 0 aromatic heterocycles. The van der Waals surface area contributed by atoms with Gasteiger partial charge in [0.2, 0.25) is 0 Å². The molecule has 0 aromatic rings. The number of hydrogen-bond donors (Lipinski definition) is 0. The molecule has 3 nitrogen and oxygen atoms in total. The van der Waals surface area contributed by atoms with E-state index in [2.05, 4.69) is 16.9 Å². The molecule has 1 rings (SSSR count). The van der Waals surface area contributed by atoms with Crippen LogP contribution in [0.5, 0.6) is 0 Å². The van der Waals surface area contributed by atoms with Crippen LogP contribution in [0, 0.1) is 5.41 Å². The van der Waals surface area contributed by atoms with Crippen LogP contribution in [0.1, 0.15) is 26.2 Å². The Morgan fingerprint density at radius 3 is 2.67 bits per heavy atom. The molecule has 9 heavy (non-hydrogen) atoms. The highest BCUT2D eigenvalue weighted by atomic mass is 15.1. The third kappa shape index (κ3) is 1.36. The topological polar surface area (TPSA) is 48.8 Å². The molecular weight excluding hydrogens is 114 g/mol. The lowest BCUT2D eigenvalue weighted by Crippen LogP contribution is -2.00. The molecule has 1 aliphatic carbocycles. The van der Waals surface area contributed by atoms with Crippen LogP contribution in [0.3, 0.4) is 0 Å². The minimum Gasteiger partial charge on any atom is -0.0934 e. The molecule has 0 saturated heterocycles. The van der Waals surface area contributed by atoms with Crippen LogP contribution in [0.2, 0.25) is 0 Å². The van der Waals surface area contributed by atoms with Gasteiger partial charge in [-0.15, -0.1) is 0 Å². The Bertz CT molecular complexity index is 142. The smallest absolute Gasteiger partial charge is 0.0314 e. The predicted molar refractivity (Wildman–Crippen MR) is 36.0 cm³/mol. The summed E-state index contributed by atoms with van der Waals surface area (Å²) in [5.74, 6) is 0. The van der Waals surface area contributed by atoms with Crippen molar-refractivity contribution >= 4 is 0 Å². The molecule has 0 aliphatic heterocycles. The van der Waals surface area contributed by atoms with Crippen LogP contribution >= 0.6 is 0 Å². The number of hydrogen-bond acceptors (Lipinski definition) is 1. The summed E-state index contributed by atoms with van der Waals surface area (Å²) >= 11 is 0. The van der Waals surface area contributed by atoms with Gasteiger partial charge in [-0.3, -0.25) is 0 Å². The van der Waals surface area contributed by atoms with Gasteiger partial charge < -0.3 is 0 Å². The van der Waals surface area contributed by atoms with Crippen LogP contribution in [0.25, 0.3) is 10.4 Å². The fourth-order valence-electron chi connectivity index (χ4n) is 0.982. The van der Waals surface area contributed by atoms with Crippen molar-refractivity contribution in [2.24, 2.45) is 10.5 Å². The van der Waals surface area contributed by atoms with Gasteiger partial charge in [-0.1, -0.05) is 18.5 Å². The molecule has 1 aliphatic rings. The third-order valence-corrected chi connectivity index (χ3v) is 2.18. The van der Waals surface area contributed by atoms with E-state index in [0.717, 1.165) is 6.42 Å². The Kier molecular flexibility index (Phi) is 1.63. The van der Waals surface area contributed by atoms with Gasteiger partial charge in [-0.2, -0.15) is 0 Å². The highest BCUT2D eigenvalue weighted by Crippen LogP contribution is 2.48. The zero-order chi connectivity index (χ0) is 6.74. The van der Waals surface area contributed by atoms with Gasteiger partial charge >= 0.3 is 0 Å². The van der Waals surface area contributed by atoms with Gasteiger partial charge in [0, 0.05) is 11.5 Å². The molecule has 0 spiro atoms. The van der Waals surface area contributed by atoms with Crippen molar-refractivity contribution < 1.29 is 0 Å². The normalized spacial score (nSPS) is 20.6. The molecule has 0 radical (unpaired) electrons. The van der Waals surface area contributed by atoms with Gasteiger partial charge in [-0.05, 0) is 23.8 Å². The lowest BCUT2D eigenvalue weighted by Gasteiger charge is -2.04. The van der Waals surface area contributed by atoms with Gasteiger partial charge in [-0.25, -0.2) is 0 Å². The molecule has 1 saturated carbocycles. The highest BCUT2D eigenvalue weighted by molar-refractivity contribution is 4.93. The molecular formula is C6H11N3. The molecule has 0 atom stereocenters. The van der Waals surface area contributed by atoms with Gasteiger partial charge in [0.1, 0.15) is 0 Å². The second kappa shape index (κ2) is 2.28. The lowest BCUT2D eigenvalue weighted by atomic mass is 10.1. The van der Waals surface area contributed by atoms with Crippen molar-refractivity contribution in [3.05, 3.63) is 10.4 Å². The van der Waals surface area contributed by atoms with E-state index in [4.69, 9.17) is 5.53 Å². The highest BCUT2D eigenvalue weighted by Gasteiger charge is 2.39. The van der Waals surface area contributed by atoms with E-state index in [1.54, 1.807) is 0 Å². The molecule has 50 valence electrons. The molecule has 0 aromatic carbocycles.